The molecular formula is C11H13NO2. The van der Waals surface area contributed by atoms with Crippen molar-refractivity contribution in [1.82, 2.24) is 0 Å². The third-order valence-corrected chi connectivity index (χ3v) is 2.40. The van der Waals surface area contributed by atoms with Crippen LogP contribution in [0.15, 0.2) is 35.5 Å². The molecule has 1 atom stereocenters. The van der Waals surface area contributed by atoms with Crippen molar-refractivity contribution < 1.29 is 9.57 Å². The Hall–Kier alpha value is -1.35. The Morgan fingerprint density at radius 2 is 2.21 bits per heavy atom. The molecule has 0 aliphatic carbocycles. The van der Waals surface area contributed by atoms with Crippen LogP contribution in [0, 0.1) is 0 Å². The molecule has 0 spiro atoms. The molecular weight excluding hydrogens is 178 g/mol. The fourth-order valence-electron chi connectivity index (χ4n) is 1.67. The third kappa shape index (κ3) is 1.51. The molecule has 1 aliphatic rings. The van der Waals surface area contributed by atoms with Crippen LogP contribution in [0.3, 0.4) is 0 Å². The summed E-state index contributed by atoms with van der Waals surface area (Å²) in [4.78, 5) is 5.41. The first-order valence-electron chi connectivity index (χ1n) is 4.62. The first kappa shape index (κ1) is 9.21. The van der Waals surface area contributed by atoms with Crippen LogP contribution in [-0.2, 0) is 15.2 Å². The minimum absolute atomic E-state index is 0.407. The lowest BCUT2D eigenvalue weighted by Crippen LogP contribution is -2.30. The lowest BCUT2D eigenvalue weighted by atomic mass is 9.92. The average Bonchev–Trinajstić information content (AvgIpc) is 2.70. The second-order valence-electron chi connectivity index (χ2n) is 3.38. The number of benzene rings is 1. The van der Waals surface area contributed by atoms with Gasteiger partial charge >= 0.3 is 0 Å². The minimum Gasteiger partial charge on any atom is -0.382 e. The van der Waals surface area contributed by atoms with Crippen LogP contribution >= 0.6 is 0 Å². The van der Waals surface area contributed by atoms with Gasteiger partial charge in [0.15, 0.2) is 5.60 Å². The van der Waals surface area contributed by atoms with Crippen molar-refractivity contribution in [3.8, 4) is 0 Å². The molecule has 2 rings (SSSR count). The highest BCUT2D eigenvalue weighted by atomic mass is 16.7. The summed E-state index contributed by atoms with van der Waals surface area (Å²) < 4.78 is 5.18. The zero-order valence-corrected chi connectivity index (χ0v) is 8.14. The van der Waals surface area contributed by atoms with Gasteiger partial charge in [-0.05, 0) is 0 Å². The average molecular weight is 191 g/mol. The smallest absolute Gasteiger partial charge is 0.190 e. The largest absolute Gasteiger partial charge is 0.382 e. The Morgan fingerprint density at radius 1 is 1.43 bits per heavy atom. The minimum atomic E-state index is -0.407. The molecule has 1 aromatic rings. The zero-order chi connectivity index (χ0) is 9.86. The van der Waals surface area contributed by atoms with Crippen LogP contribution in [0.25, 0.3) is 0 Å². The van der Waals surface area contributed by atoms with Gasteiger partial charge in [0.2, 0.25) is 0 Å². The third-order valence-electron chi connectivity index (χ3n) is 2.40. The molecule has 0 aromatic heterocycles. The van der Waals surface area contributed by atoms with E-state index >= 15 is 0 Å². The van der Waals surface area contributed by atoms with Gasteiger partial charge in [0.1, 0.15) is 0 Å². The van der Waals surface area contributed by atoms with Crippen molar-refractivity contribution in [2.45, 2.75) is 12.0 Å². The van der Waals surface area contributed by atoms with Gasteiger partial charge in [-0.25, -0.2) is 0 Å². The lowest BCUT2D eigenvalue weighted by Gasteiger charge is -2.25. The Kier molecular flexibility index (Phi) is 2.50. The summed E-state index contributed by atoms with van der Waals surface area (Å²) in [6.07, 6.45) is 2.55. The molecule has 74 valence electrons. The maximum Gasteiger partial charge on any atom is 0.190 e. The van der Waals surface area contributed by atoms with Crippen molar-refractivity contribution >= 4 is 6.21 Å². The second-order valence-corrected chi connectivity index (χ2v) is 3.38. The molecule has 3 heteroatoms. The van der Waals surface area contributed by atoms with Crippen molar-refractivity contribution in [3.05, 3.63) is 35.9 Å². The van der Waals surface area contributed by atoms with Gasteiger partial charge in [-0.1, -0.05) is 35.5 Å². The van der Waals surface area contributed by atoms with Crippen LogP contribution in [0.1, 0.15) is 12.0 Å². The fraction of sp³-hybridized carbons (Fsp3) is 0.364. The van der Waals surface area contributed by atoms with Crippen LogP contribution in [0.4, 0.5) is 0 Å². The van der Waals surface area contributed by atoms with Crippen molar-refractivity contribution in [1.29, 1.82) is 0 Å². The Bertz CT molecular complexity index is 313. The number of oxime groups is 1. The number of hydrogen-bond acceptors (Lipinski definition) is 3. The molecule has 14 heavy (non-hydrogen) atoms. The topological polar surface area (TPSA) is 30.8 Å². The van der Waals surface area contributed by atoms with E-state index in [0.29, 0.717) is 6.61 Å². The van der Waals surface area contributed by atoms with E-state index < -0.39 is 5.60 Å². The van der Waals surface area contributed by atoms with Crippen LogP contribution < -0.4 is 0 Å². The van der Waals surface area contributed by atoms with E-state index in [0.717, 1.165) is 12.0 Å². The van der Waals surface area contributed by atoms with Gasteiger partial charge in [0.05, 0.1) is 6.61 Å². The summed E-state index contributed by atoms with van der Waals surface area (Å²) in [5.41, 5.74) is 0.704. The van der Waals surface area contributed by atoms with E-state index in [2.05, 4.69) is 5.16 Å². The van der Waals surface area contributed by atoms with Crippen LogP contribution in [-0.4, -0.2) is 19.9 Å². The van der Waals surface area contributed by atoms with Gasteiger partial charge in [0.25, 0.3) is 0 Å². The van der Waals surface area contributed by atoms with Gasteiger partial charge in [-0.3, -0.25) is 0 Å². The fourth-order valence-corrected chi connectivity index (χ4v) is 1.67. The monoisotopic (exact) mass is 191 g/mol. The molecule has 1 aliphatic heterocycles. The maximum absolute atomic E-state index is 5.41. The Labute approximate surface area is 83.3 Å². The van der Waals surface area contributed by atoms with E-state index in [1.165, 1.54) is 0 Å². The number of methoxy groups -OCH3 is 1. The van der Waals surface area contributed by atoms with Crippen LogP contribution in [0.2, 0.25) is 0 Å². The van der Waals surface area contributed by atoms with Crippen LogP contribution in [0.5, 0.6) is 0 Å². The molecule has 1 aromatic carbocycles. The van der Waals surface area contributed by atoms with E-state index in [1.54, 1.807) is 13.3 Å². The summed E-state index contributed by atoms with van der Waals surface area (Å²) in [5, 5.41) is 3.83. The highest BCUT2D eigenvalue weighted by Crippen LogP contribution is 2.32. The van der Waals surface area contributed by atoms with Crippen molar-refractivity contribution in [2.24, 2.45) is 5.16 Å². The maximum atomic E-state index is 5.41. The molecule has 0 saturated heterocycles. The molecule has 0 fully saturated rings. The summed E-state index contributed by atoms with van der Waals surface area (Å²) in [7, 11) is 1.67. The summed E-state index contributed by atoms with van der Waals surface area (Å²) >= 11 is 0. The highest BCUT2D eigenvalue weighted by Gasteiger charge is 2.37. The molecule has 1 heterocycles. The summed E-state index contributed by atoms with van der Waals surface area (Å²) in [5.74, 6) is 0. The number of rotatable bonds is 3. The molecule has 3 nitrogen and oxygen atoms in total. The number of hydrogen-bond donors (Lipinski definition) is 0. The standard InChI is InChI=1S/C11H13NO2/c1-13-9-11(7-8-12-14-11)10-5-3-2-4-6-10/h2-6,8H,7,9H2,1H3. The number of nitrogens with zero attached hydrogens (tertiary/aromatic N) is 1. The van der Waals surface area contributed by atoms with Gasteiger partial charge < -0.3 is 9.57 Å². The van der Waals surface area contributed by atoms with Crippen molar-refractivity contribution in [2.75, 3.05) is 13.7 Å². The van der Waals surface area contributed by atoms with E-state index in [9.17, 15) is 0 Å². The Morgan fingerprint density at radius 3 is 2.79 bits per heavy atom. The van der Waals surface area contributed by atoms with Gasteiger partial charge in [-0.15, -0.1) is 0 Å². The van der Waals surface area contributed by atoms with E-state index in [1.807, 2.05) is 30.3 Å². The van der Waals surface area contributed by atoms with E-state index in [-0.39, 0.29) is 0 Å². The predicted octanol–water partition coefficient (Wildman–Crippen LogP) is 1.93. The zero-order valence-electron chi connectivity index (χ0n) is 8.14. The molecule has 0 amide bonds. The summed E-state index contributed by atoms with van der Waals surface area (Å²) in [6.45, 7) is 0.525. The molecule has 1 unspecified atom stereocenters. The first-order chi connectivity index (χ1) is 6.87. The molecule has 0 N–H and O–H groups in total. The quantitative estimate of drug-likeness (QED) is 0.731. The predicted molar refractivity (Wildman–Crippen MR) is 54.2 cm³/mol. The normalized spacial score (nSPS) is 24.9. The SMILES string of the molecule is COCC1(c2ccccc2)CC=NO1. The van der Waals surface area contributed by atoms with Gasteiger partial charge in [-0.2, -0.15) is 0 Å². The molecule has 0 saturated carbocycles. The Balaban J connectivity index is 2.28. The van der Waals surface area contributed by atoms with E-state index in [4.69, 9.17) is 9.57 Å². The number of ether oxygens (including phenoxy) is 1. The van der Waals surface area contributed by atoms with Gasteiger partial charge in [0, 0.05) is 25.3 Å². The molecule has 0 radical (unpaired) electrons. The lowest BCUT2D eigenvalue weighted by molar-refractivity contribution is -0.0734. The van der Waals surface area contributed by atoms with Crippen molar-refractivity contribution in [3.63, 3.8) is 0 Å². The summed E-state index contributed by atoms with van der Waals surface area (Å²) in [6, 6.07) is 10.0. The highest BCUT2D eigenvalue weighted by molar-refractivity contribution is 5.61. The molecule has 0 bridgehead atoms. The first-order valence-corrected chi connectivity index (χ1v) is 4.62. The second kappa shape index (κ2) is 3.80.